The van der Waals surface area contributed by atoms with Crippen LogP contribution in [0.25, 0.3) is 0 Å². The molecular formula is C33H37F6N5O7S. The van der Waals surface area contributed by atoms with Crippen LogP contribution < -0.4 is 20.7 Å². The zero-order chi connectivity index (χ0) is 38.9. The second-order valence-corrected chi connectivity index (χ2v) is 13.5. The summed E-state index contributed by atoms with van der Waals surface area (Å²) in [6.45, 7) is 4.54. The van der Waals surface area contributed by atoms with Crippen LogP contribution in [0.1, 0.15) is 57.6 Å². The average molecular weight is 762 g/mol. The molecule has 4 atom stereocenters. The van der Waals surface area contributed by atoms with Crippen LogP contribution in [0.15, 0.2) is 59.6 Å². The van der Waals surface area contributed by atoms with E-state index in [9.17, 15) is 55.4 Å². The molecule has 0 saturated heterocycles. The number of carbonyl (C=O) groups excluding carboxylic acids is 4. The van der Waals surface area contributed by atoms with Gasteiger partial charge in [0.15, 0.2) is 0 Å². The SMILES string of the molecule is CC(C)(C)OC(=O)NC(CSNC(=O)[C@@H](CCC(F)(F)F)[C@@H](CCC(F)(F)F)C(=O)NC1N=C(c2ccccc2)c2ccccc2NC1=O)C(=O)O. The molecule has 2 aromatic carbocycles. The van der Waals surface area contributed by atoms with Crippen molar-refractivity contribution in [1.29, 1.82) is 0 Å². The summed E-state index contributed by atoms with van der Waals surface area (Å²) in [4.78, 5) is 68.5. The van der Waals surface area contributed by atoms with Gasteiger partial charge in [-0.05, 0) is 51.6 Å². The Morgan fingerprint density at radius 3 is 2.00 bits per heavy atom. The normalized spacial score (nSPS) is 16.5. The van der Waals surface area contributed by atoms with Crippen molar-refractivity contribution >= 4 is 53.1 Å². The summed E-state index contributed by atoms with van der Waals surface area (Å²) in [6.07, 6.45) is -18.3. The highest BCUT2D eigenvalue weighted by molar-refractivity contribution is 7.98. The second kappa shape index (κ2) is 17.6. The Bertz CT molecular complexity index is 1630. The Labute approximate surface area is 298 Å². The highest BCUT2D eigenvalue weighted by Gasteiger charge is 2.41. The van der Waals surface area contributed by atoms with Gasteiger partial charge >= 0.3 is 24.4 Å². The smallest absolute Gasteiger partial charge is 0.408 e. The molecule has 52 heavy (non-hydrogen) atoms. The summed E-state index contributed by atoms with van der Waals surface area (Å²) in [6, 6.07) is 13.2. The average Bonchev–Trinajstić information content (AvgIpc) is 3.16. The molecule has 1 heterocycles. The number of anilines is 1. The second-order valence-electron chi connectivity index (χ2n) is 12.6. The van der Waals surface area contributed by atoms with E-state index in [1.165, 1.54) is 20.8 Å². The van der Waals surface area contributed by atoms with Gasteiger partial charge in [-0.1, -0.05) is 48.5 Å². The van der Waals surface area contributed by atoms with Gasteiger partial charge in [-0.15, -0.1) is 0 Å². The molecule has 2 aromatic rings. The third-order valence-electron chi connectivity index (χ3n) is 7.32. The number of alkyl halides is 6. The molecule has 0 aliphatic carbocycles. The van der Waals surface area contributed by atoms with Crippen molar-refractivity contribution in [2.24, 2.45) is 16.8 Å². The number of ether oxygens (including phenoxy) is 1. The number of hydrogen-bond acceptors (Lipinski definition) is 8. The highest BCUT2D eigenvalue weighted by atomic mass is 32.2. The van der Waals surface area contributed by atoms with Crippen molar-refractivity contribution in [3.05, 3.63) is 65.7 Å². The number of aliphatic imine (C=N–C) groups is 1. The Hall–Kier alpha value is -4.81. The maximum atomic E-state index is 13.7. The van der Waals surface area contributed by atoms with Crippen LogP contribution in [0.4, 0.5) is 36.8 Å². The minimum absolute atomic E-state index is 0.211. The van der Waals surface area contributed by atoms with Gasteiger partial charge < -0.3 is 25.8 Å². The van der Waals surface area contributed by atoms with Crippen LogP contribution in [0.2, 0.25) is 0 Å². The number of nitrogens with one attached hydrogen (secondary N) is 4. The molecule has 284 valence electrons. The lowest BCUT2D eigenvalue weighted by molar-refractivity contribution is -0.152. The lowest BCUT2D eigenvalue weighted by Gasteiger charge is -2.27. The number of aliphatic carboxylic acids is 1. The predicted octanol–water partition coefficient (Wildman–Crippen LogP) is 5.58. The van der Waals surface area contributed by atoms with E-state index in [2.05, 4.69) is 25.7 Å². The largest absolute Gasteiger partial charge is 0.480 e. The molecule has 3 rings (SSSR count). The first-order chi connectivity index (χ1) is 24.1. The third-order valence-corrected chi connectivity index (χ3v) is 8.17. The van der Waals surface area contributed by atoms with Gasteiger partial charge in [0, 0.05) is 35.6 Å². The number of carboxylic acids is 1. The number of hydrogen-bond donors (Lipinski definition) is 5. The highest BCUT2D eigenvalue weighted by Crippen LogP contribution is 2.33. The number of carboxylic acid groups (broad SMARTS) is 1. The molecule has 4 amide bonds. The van der Waals surface area contributed by atoms with Crippen molar-refractivity contribution < 1.29 is 60.2 Å². The zero-order valence-corrected chi connectivity index (χ0v) is 28.9. The Morgan fingerprint density at radius 2 is 1.44 bits per heavy atom. The van der Waals surface area contributed by atoms with E-state index in [0.29, 0.717) is 28.8 Å². The monoisotopic (exact) mass is 761 g/mol. The maximum absolute atomic E-state index is 13.7. The van der Waals surface area contributed by atoms with Crippen molar-refractivity contribution in [3.8, 4) is 0 Å². The molecule has 0 bridgehead atoms. The number of fused-ring (bicyclic) bond motifs is 1. The Balaban J connectivity index is 1.92. The van der Waals surface area contributed by atoms with Crippen LogP contribution in [0, 0.1) is 11.8 Å². The molecule has 5 N–H and O–H groups in total. The van der Waals surface area contributed by atoms with Gasteiger partial charge in [0.25, 0.3) is 5.91 Å². The van der Waals surface area contributed by atoms with Gasteiger partial charge in [0.05, 0.1) is 17.3 Å². The molecule has 0 fully saturated rings. The number of carbonyl (C=O) groups is 5. The van der Waals surface area contributed by atoms with E-state index in [1.807, 2.05) is 0 Å². The summed E-state index contributed by atoms with van der Waals surface area (Å²) in [7, 11) is 0. The van der Waals surface area contributed by atoms with E-state index >= 15 is 0 Å². The van der Waals surface area contributed by atoms with Crippen molar-refractivity contribution in [1.82, 2.24) is 15.4 Å². The molecular weight excluding hydrogens is 724 g/mol. The van der Waals surface area contributed by atoms with Gasteiger partial charge in [0.2, 0.25) is 18.0 Å². The molecule has 19 heteroatoms. The molecule has 0 spiro atoms. The fourth-order valence-corrected chi connectivity index (χ4v) is 5.76. The molecule has 12 nitrogen and oxygen atoms in total. The zero-order valence-electron chi connectivity index (χ0n) is 28.1. The minimum atomic E-state index is -4.89. The quantitative estimate of drug-likeness (QED) is 0.123. The molecule has 1 aliphatic rings. The van der Waals surface area contributed by atoms with Crippen molar-refractivity contribution in [2.45, 2.75) is 76.6 Å². The van der Waals surface area contributed by atoms with Gasteiger partial charge in [0.1, 0.15) is 11.6 Å². The van der Waals surface area contributed by atoms with E-state index in [4.69, 9.17) is 4.74 Å². The summed E-state index contributed by atoms with van der Waals surface area (Å²) >= 11 is 0.330. The lowest BCUT2D eigenvalue weighted by atomic mass is 9.83. The number of nitrogens with zero attached hydrogens (tertiary/aromatic N) is 1. The molecule has 2 unspecified atom stereocenters. The van der Waals surface area contributed by atoms with Crippen LogP contribution in [-0.4, -0.2) is 76.5 Å². The van der Waals surface area contributed by atoms with Crippen LogP contribution in [0.3, 0.4) is 0 Å². The first-order valence-corrected chi connectivity index (χ1v) is 16.7. The summed E-state index contributed by atoms with van der Waals surface area (Å²) in [5, 5.41) is 16.4. The van der Waals surface area contributed by atoms with Crippen LogP contribution in [0.5, 0.6) is 0 Å². The van der Waals surface area contributed by atoms with E-state index in [1.54, 1.807) is 54.6 Å². The number of benzodiazepines with no additional fused rings is 1. The third kappa shape index (κ3) is 13.4. The minimum Gasteiger partial charge on any atom is -0.480 e. The topological polar surface area (TPSA) is 175 Å². The van der Waals surface area contributed by atoms with Crippen LogP contribution >= 0.6 is 11.9 Å². The lowest BCUT2D eigenvalue weighted by Crippen LogP contribution is -2.48. The van der Waals surface area contributed by atoms with E-state index in [-0.39, 0.29) is 5.71 Å². The number of rotatable bonds is 14. The number of para-hydroxylation sites is 1. The number of amides is 4. The first-order valence-electron chi connectivity index (χ1n) is 15.7. The summed E-state index contributed by atoms with van der Waals surface area (Å²) < 4.78 is 87.7. The van der Waals surface area contributed by atoms with Crippen molar-refractivity contribution in [3.63, 3.8) is 0 Å². The van der Waals surface area contributed by atoms with Gasteiger partial charge in [-0.3, -0.25) is 19.1 Å². The number of halogens is 6. The fraction of sp³-hybridized carbons (Fsp3) is 0.455. The molecule has 0 aromatic heterocycles. The molecule has 0 radical (unpaired) electrons. The fourth-order valence-electron chi connectivity index (χ4n) is 4.99. The number of alkyl carbamates (subject to hydrolysis) is 1. The Morgan fingerprint density at radius 1 is 0.885 bits per heavy atom. The van der Waals surface area contributed by atoms with Gasteiger partial charge in [-0.25, -0.2) is 14.6 Å². The van der Waals surface area contributed by atoms with Crippen LogP contribution in [-0.2, 0) is 23.9 Å². The predicted molar refractivity (Wildman–Crippen MR) is 178 cm³/mol. The van der Waals surface area contributed by atoms with Gasteiger partial charge in [-0.2, -0.15) is 26.3 Å². The number of benzene rings is 2. The standard InChI is InChI=1S/C33H37F6N5O7S/c1-31(2,3)51-30(50)41-23(29(48)49)17-52-44-27(46)20(14-16-33(37,38)39)19(13-15-32(34,35)36)26(45)43-25-28(47)40-22-12-8-7-11-21(22)24(42-25)18-9-5-4-6-10-18/h4-12,19-20,23,25H,13-17H2,1-3H3,(H,40,47)(H,41,50)(H,43,45)(H,44,46)(H,48,49)/t19-,20+,23?,25?/m1/s1. The summed E-state index contributed by atoms with van der Waals surface area (Å²) in [5.74, 6) is -9.84. The van der Waals surface area contributed by atoms with Crippen molar-refractivity contribution in [2.75, 3.05) is 11.1 Å². The first kappa shape index (κ1) is 41.6. The maximum Gasteiger partial charge on any atom is 0.408 e. The molecule has 1 aliphatic heterocycles. The Kier molecular flexibility index (Phi) is 14.1. The van der Waals surface area contributed by atoms with E-state index in [0.717, 1.165) is 0 Å². The van der Waals surface area contributed by atoms with E-state index < -0.39 is 103 Å². The molecule has 0 saturated carbocycles. The summed E-state index contributed by atoms with van der Waals surface area (Å²) in [5.41, 5.74) is 0.442.